The molecule has 90 valence electrons. The van der Waals surface area contributed by atoms with Gasteiger partial charge in [0, 0.05) is 12.1 Å². The summed E-state index contributed by atoms with van der Waals surface area (Å²) in [4.78, 5) is 4.39. The number of nitrogens with zero attached hydrogens (tertiary/aromatic N) is 2. The minimum Gasteiger partial charge on any atom is -0.390 e. The van der Waals surface area contributed by atoms with E-state index in [0.29, 0.717) is 17.9 Å². The second-order valence-corrected chi connectivity index (χ2v) is 3.76. The van der Waals surface area contributed by atoms with Crippen LogP contribution in [0, 0.1) is 0 Å². The number of aromatic nitrogens is 2. The van der Waals surface area contributed by atoms with Gasteiger partial charge in [0.1, 0.15) is 5.82 Å². The van der Waals surface area contributed by atoms with Crippen LogP contribution in [0.5, 0.6) is 0 Å². The van der Waals surface area contributed by atoms with Crippen molar-refractivity contribution in [2.45, 2.75) is 26.7 Å². The molecule has 2 aromatic rings. The highest BCUT2D eigenvalue weighted by Gasteiger charge is 2.15. The Morgan fingerprint density at radius 2 is 1.82 bits per heavy atom. The third-order valence-electron chi connectivity index (χ3n) is 2.80. The lowest BCUT2D eigenvalue weighted by molar-refractivity contribution is 0.250. The van der Waals surface area contributed by atoms with Gasteiger partial charge in [-0.2, -0.15) is 0 Å². The summed E-state index contributed by atoms with van der Waals surface area (Å²) in [5.41, 5.74) is 2.23. The molecule has 1 aromatic carbocycles. The van der Waals surface area contributed by atoms with Gasteiger partial charge < -0.3 is 14.8 Å². The molecule has 0 spiro atoms. The minimum absolute atomic E-state index is 0.108. The predicted molar refractivity (Wildman–Crippen MR) is 65.2 cm³/mol. The molecule has 1 heterocycles. The van der Waals surface area contributed by atoms with E-state index in [1.54, 1.807) is 0 Å². The summed E-state index contributed by atoms with van der Waals surface area (Å²) in [7, 11) is 0. The molecule has 2 rings (SSSR count). The third-order valence-corrected chi connectivity index (χ3v) is 2.80. The van der Waals surface area contributed by atoms with E-state index >= 15 is 0 Å². The molecule has 0 amide bonds. The molecule has 0 saturated carbocycles. The van der Waals surface area contributed by atoms with E-state index in [1.807, 2.05) is 41.8 Å². The van der Waals surface area contributed by atoms with Crippen molar-refractivity contribution < 1.29 is 10.2 Å². The molecule has 1 aromatic heterocycles. The van der Waals surface area contributed by atoms with Crippen LogP contribution in [-0.4, -0.2) is 19.8 Å². The normalized spacial score (nSPS) is 10.8. The molecule has 4 heteroatoms. The summed E-state index contributed by atoms with van der Waals surface area (Å²) in [5.74, 6) is 0.793. The van der Waals surface area contributed by atoms with Crippen LogP contribution in [0.1, 0.15) is 18.3 Å². The topological polar surface area (TPSA) is 58.3 Å². The van der Waals surface area contributed by atoms with Gasteiger partial charge in [0.05, 0.1) is 24.6 Å². The number of hydrogen-bond acceptors (Lipinski definition) is 3. The largest absolute Gasteiger partial charge is 0.390 e. The summed E-state index contributed by atoms with van der Waals surface area (Å²) < 4.78 is 1.93. The summed E-state index contributed by atoms with van der Waals surface area (Å²) in [5, 5.41) is 18.6. The Morgan fingerprint density at radius 1 is 1.12 bits per heavy atom. The van der Waals surface area contributed by atoms with Crippen molar-refractivity contribution in [3.63, 3.8) is 0 Å². The van der Waals surface area contributed by atoms with Gasteiger partial charge in [0.25, 0.3) is 0 Å². The van der Waals surface area contributed by atoms with Crippen molar-refractivity contribution in [2.24, 2.45) is 0 Å². The molecule has 4 nitrogen and oxygen atoms in total. The number of hydrogen-bond donors (Lipinski definition) is 2. The van der Waals surface area contributed by atoms with Gasteiger partial charge >= 0.3 is 0 Å². The van der Waals surface area contributed by atoms with Crippen LogP contribution in [0.3, 0.4) is 0 Å². The molecule has 0 fully saturated rings. The fraction of sp³-hybridized carbons (Fsp3) is 0.308. The maximum absolute atomic E-state index is 9.35. The minimum atomic E-state index is -0.150. The van der Waals surface area contributed by atoms with Crippen LogP contribution in [0.15, 0.2) is 30.3 Å². The fourth-order valence-electron chi connectivity index (χ4n) is 1.99. The first-order chi connectivity index (χ1) is 8.31. The Labute approximate surface area is 100 Å². The van der Waals surface area contributed by atoms with E-state index in [4.69, 9.17) is 0 Å². The molecule has 0 saturated heterocycles. The van der Waals surface area contributed by atoms with E-state index < -0.39 is 0 Å². The van der Waals surface area contributed by atoms with Gasteiger partial charge in [-0.05, 0) is 6.92 Å². The van der Waals surface area contributed by atoms with E-state index in [-0.39, 0.29) is 13.2 Å². The lowest BCUT2D eigenvalue weighted by Crippen LogP contribution is -2.04. The van der Waals surface area contributed by atoms with Crippen LogP contribution in [0.4, 0.5) is 0 Å². The molecule has 0 bridgehead atoms. The second kappa shape index (κ2) is 5.12. The summed E-state index contributed by atoms with van der Waals surface area (Å²) >= 11 is 0. The van der Waals surface area contributed by atoms with Crippen molar-refractivity contribution >= 4 is 0 Å². The molecular formula is C13H16N2O2. The lowest BCUT2D eigenvalue weighted by atomic mass is 10.2. The lowest BCUT2D eigenvalue weighted by Gasteiger charge is -2.07. The third kappa shape index (κ3) is 2.09. The molecule has 0 aliphatic rings. The molecule has 0 aliphatic carbocycles. The number of benzene rings is 1. The molecule has 0 unspecified atom stereocenters. The van der Waals surface area contributed by atoms with Crippen LogP contribution in [0.2, 0.25) is 0 Å². The molecule has 0 aliphatic heterocycles. The van der Waals surface area contributed by atoms with Gasteiger partial charge in [-0.1, -0.05) is 30.3 Å². The highest BCUT2D eigenvalue weighted by atomic mass is 16.3. The zero-order valence-corrected chi connectivity index (χ0v) is 9.80. The van der Waals surface area contributed by atoms with Crippen molar-refractivity contribution in [2.75, 3.05) is 0 Å². The Morgan fingerprint density at radius 3 is 2.35 bits per heavy atom. The van der Waals surface area contributed by atoms with E-state index in [2.05, 4.69) is 4.98 Å². The summed E-state index contributed by atoms with van der Waals surface area (Å²) in [6, 6.07) is 9.78. The highest BCUT2D eigenvalue weighted by molar-refractivity contribution is 5.56. The van der Waals surface area contributed by atoms with E-state index in [1.165, 1.54) is 0 Å². The SMILES string of the molecule is CCn1c(-c2ccccc2)nc(CO)c1CO. The van der Waals surface area contributed by atoms with Crippen LogP contribution in [0.25, 0.3) is 11.4 Å². The monoisotopic (exact) mass is 232 g/mol. The van der Waals surface area contributed by atoms with Gasteiger partial charge in [-0.3, -0.25) is 0 Å². The average Bonchev–Trinajstić information content (AvgIpc) is 2.77. The quantitative estimate of drug-likeness (QED) is 0.841. The van der Waals surface area contributed by atoms with Crippen molar-refractivity contribution in [3.05, 3.63) is 41.7 Å². The average molecular weight is 232 g/mol. The molecule has 0 atom stereocenters. The number of imidazole rings is 1. The van der Waals surface area contributed by atoms with Gasteiger partial charge in [-0.25, -0.2) is 4.98 Å². The zero-order valence-electron chi connectivity index (χ0n) is 9.80. The molecule has 17 heavy (non-hydrogen) atoms. The van der Waals surface area contributed by atoms with Crippen molar-refractivity contribution in [1.82, 2.24) is 9.55 Å². The highest BCUT2D eigenvalue weighted by Crippen LogP contribution is 2.22. The smallest absolute Gasteiger partial charge is 0.140 e. The molecule has 2 N–H and O–H groups in total. The Balaban J connectivity index is 2.58. The van der Waals surface area contributed by atoms with Gasteiger partial charge in [0.2, 0.25) is 0 Å². The fourth-order valence-corrected chi connectivity index (χ4v) is 1.99. The standard InChI is InChI=1S/C13H16N2O2/c1-2-15-12(9-17)11(8-16)14-13(15)10-6-4-3-5-7-10/h3-7,16-17H,2,8-9H2,1H3. The first kappa shape index (κ1) is 11.8. The predicted octanol–water partition coefficient (Wildman–Crippen LogP) is 1.55. The van der Waals surface area contributed by atoms with E-state index in [0.717, 1.165) is 11.4 Å². The number of aliphatic hydroxyl groups excluding tert-OH is 2. The van der Waals surface area contributed by atoms with Crippen LogP contribution in [-0.2, 0) is 19.8 Å². The van der Waals surface area contributed by atoms with E-state index in [9.17, 15) is 10.2 Å². The molecule has 0 radical (unpaired) electrons. The molecular weight excluding hydrogens is 216 g/mol. The summed E-state index contributed by atoms with van der Waals surface area (Å²) in [6.45, 7) is 2.45. The first-order valence-electron chi connectivity index (χ1n) is 5.67. The maximum Gasteiger partial charge on any atom is 0.140 e. The Bertz CT molecular complexity index is 492. The maximum atomic E-state index is 9.35. The Hall–Kier alpha value is -1.65. The zero-order chi connectivity index (χ0) is 12.3. The first-order valence-corrected chi connectivity index (χ1v) is 5.67. The van der Waals surface area contributed by atoms with Crippen LogP contribution < -0.4 is 0 Å². The Kier molecular flexibility index (Phi) is 3.56. The summed E-state index contributed by atoms with van der Waals surface area (Å²) in [6.07, 6.45) is 0. The van der Waals surface area contributed by atoms with Gasteiger partial charge in [-0.15, -0.1) is 0 Å². The van der Waals surface area contributed by atoms with Gasteiger partial charge in [0.15, 0.2) is 0 Å². The van der Waals surface area contributed by atoms with Crippen molar-refractivity contribution in [1.29, 1.82) is 0 Å². The second-order valence-electron chi connectivity index (χ2n) is 3.76. The van der Waals surface area contributed by atoms with Crippen molar-refractivity contribution in [3.8, 4) is 11.4 Å². The number of aliphatic hydroxyl groups is 2. The van der Waals surface area contributed by atoms with Crippen LogP contribution >= 0.6 is 0 Å². The number of rotatable bonds is 4.